The highest BCUT2D eigenvalue weighted by Gasteiger charge is 2.18. The number of carbonyl (C=O) groups is 2. The molecule has 0 saturated heterocycles. The lowest BCUT2D eigenvalue weighted by atomic mass is 9.92. The van der Waals surface area contributed by atoms with E-state index < -0.39 is 0 Å². The molecule has 3 aromatic carbocycles. The van der Waals surface area contributed by atoms with Crippen molar-refractivity contribution < 1.29 is 9.59 Å². The van der Waals surface area contributed by atoms with Crippen LogP contribution in [0.2, 0.25) is 5.02 Å². The molecule has 5 rings (SSSR count). The molecule has 0 aliphatic heterocycles. The Morgan fingerprint density at radius 2 is 1.53 bits per heavy atom. The quantitative estimate of drug-likeness (QED) is 0.0907. The van der Waals surface area contributed by atoms with Crippen LogP contribution in [-0.2, 0) is 17.6 Å². The van der Waals surface area contributed by atoms with E-state index in [1.54, 1.807) is 6.07 Å². The number of pyridine rings is 1. The first-order valence-electron chi connectivity index (χ1n) is 17.2. The summed E-state index contributed by atoms with van der Waals surface area (Å²) < 4.78 is 0. The molecule has 248 valence electrons. The third-order valence-corrected chi connectivity index (χ3v) is 9.37. The zero-order valence-electron chi connectivity index (χ0n) is 27.8. The van der Waals surface area contributed by atoms with Gasteiger partial charge in [-0.15, -0.1) is 0 Å². The van der Waals surface area contributed by atoms with E-state index in [-0.39, 0.29) is 18.2 Å². The number of benzene rings is 3. The van der Waals surface area contributed by atoms with Gasteiger partial charge in [0, 0.05) is 53.5 Å². The van der Waals surface area contributed by atoms with Crippen LogP contribution < -0.4 is 21.3 Å². The highest BCUT2D eigenvalue weighted by molar-refractivity contribution is 6.31. The van der Waals surface area contributed by atoms with Crippen LogP contribution in [-0.4, -0.2) is 36.4 Å². The fraction of sp³-hybridized carbons (Fsp3) is 0.410. The molecule has 8 heteroatoms. The third kappa shape index (κ3) is 9.48. The monoisotopic (exact) mass is 653 g/mol. The van der Waals surface area contributed by atoms with E-state index in [1.807, 2.05) is 42.5 Å². The minimum Gasteiger partial charge on any atom is -0.384 e. The van der Waals surface area contributed by atoms with Gasteiger partial charge in [-0.2, -0.15) is 0 Å². The summed E-state index contributed by atoms with van der Waals surface area (Å²) in [6, 6.07) is 19.6. The number of aryl methyl sites for hydroxylation is 2. The van der Waals surface area contributed by atoms with E-state index in [9.17, 15) is 9.59 Å². The van der Waals surface area contributed by atoms with Gasteiger partial charge in [-0.05, 0) is 105 Å². The summed E-state index contributed by atoms with van der Waals surface area (Å²) in [6.45, 7) is 6.05. The zero-order chi connectivity index (χ0) is 33.0. The van der Waals surface area contributed by atoms with Crippen LogP contribution in [0.4, 0.5) is 17.1 Å². The lowest BCUT2D eigenvalue weighted by molar-refractivity contribution is -0.120. The van der Waals surface area contributed by atoms with Gasteiger partial charge in [0.25, 0.3) is 5.91 Å². The minimum atomic E-state index is -0.195. The number of amides is 2. The molecule has 1 heterocycles. The number of aromatic nitrogens is 1. The number of anilines is 3. The Bertz CT molecular complexity index is 1690. The van der Waals surface area contributed by atoms with Crippen molar-refractivity contribution in [3.8, 4) is 0 Å². The molecule has 2 amide bonds. The molecule has 4 N–H and O–H groups in total. The molecule has 1 aliphatic rings. The first-order chi connectivity index (χ1) is 22.9. The molecule has 7 nitrogen and oxygen atoms in total. The van der Waals surface area contributed by atoms with Crippen molar-refractivity contribution in [2.45, 2.75) is 84.5 Å². The standard InChI is InChI=1S/C39H48ClN5O2/c1-27-14-13-19-33(28(27)2)44-35-18-10-8-16-32(35)39(47)43-25-22-37(46)41-23-11-5-3-4-6-12-24-42-38-30-15-7-9-17-34(30)45-36-26-29(40)20-21-31(36)38/h8,10,13-14,16,18-21,26,44H,3-7,9,11-12,15,17,22-25H2,1-2H3,(H,41,46)(H,42,45)(H,43,47). The second-order valence-corrected chi connectivity index (χ2v) is 13.0. The Morgan fingerprint density at radius 3 is 2.38 bits per heavy atom. The van der Waals surface area contributed by atoms with Crippen molar-refractivity contribution >= 4 is 51.4 Å². The first-order valence-corrected chi connectivity index (χ1v) is 17.6. The van der Waals surface area contributed by atoms with Crippen molar-refractivity contribution in [2.24, 2.45) is 0 Å². The number of halogens is 1. The van der Waals surface area contributed by atoms with Crippen LogP contribution >= 0.6 is 11.6 Å². The fourth-order valence-corrected chi connectivity index (χ4v) is 6.46. The van der Waals surface area contributed by atoms with E-state index in [1.165, 1.54) is 53.6 Å². The largest absolute Gasteiger partial charge is 0.384 e. The number of unbranched alkanes of at least 4 members (excludes halogenated alkanes) is 5. The van der Waals surface area contributed by atoms with Crippen LogP contribution in [0.15, 0.2) is 60.7 Å². The molecule has 0 atom stereocenters. The smallest absolute Gasteiger partial charge is 0.253 e. The normalized spacial score (nSPS) is 12.4. The van der Waals surface area contributed by atoms with Gasteiger partial charge in [-0.25, -0.2) is 0 Å². The molecule has 1 aromatic heterocycles. The summed E-state index contributed by atoms with van der Waals surface area (Å²) in [4.78, 5) is 30.2. The van der Waals surface area contributed by atoms with Crippen LogP contribution in [0.25, 0.3) is 10.9 Å². The maximum absolute atomic E-state index is 12.9. The molecule has 0 unspecified atom stereocenters. The maximum atomic E-state index is 12.9. The van der Waals surface area contributed by atoms with Crippen molar-refractivity contribution in [1.82, 2.24) is 15.6 Å². The van der Waals surface area contributed by atoms with Crippen LogP contribution in [0, 0.1) is 13.8 Å². The van der Waals surface area contributed by atoms with Gasteiger partial charge < -0.3 is 21.3 Å². The molecule has 0 spiro atoms. The van der Waals surface area contributed by atoms with Crippen LogP contribution in [0.3, 0.4) is 0 Å². The number of hydrogen-bond acceptors (Lipinski definition) is 5. The minimum absolute atomic E-state index is 0.0359. The molecule has 0 radical (unpaired) electrons. The maximum Gasteiger partial charge on any atom is 0.253 e. The Labute approximate surface area is 284 Å². The number of carbonyl (C=O) groups excluding carboxylic acids is 2. The first kappa shape index (κ1) is 34.2. The second kappa shape index (κ2) is 17.2. The van der Waals surface area contributed by atoms with Crippen LogP contribution in [0.5, 0.6) is 0 Å². The topological polar surface area (TPSA) is 95.2 Å². The van der Waals surface area contributed by atoms with Crippen molar-refractivity contribution in [3.05, 3.63) is 93.6 Å². The second-order valence-electron chi connectivity index (χ2n) is 12.6. The predicted octanol–water partition coefficient (Wildman–Crippen LogP) is 8.82. The number of para-hydroxylation sites is 1. The van der Waals surface area contributed by atoms with Gasteiger partial charge in [-0.3, -0.25) is 14.6 Å². The van der Waals surface area contributed by atoms with E-state index in [0.717, 1.165) is 72.5 Å². The lowest BCUT2D eigenvalue weighted by Crippen LogP contribution is -2.31. The average molecular weight is 654 g/mol. The van der Waals surface area contributed by atoms with Gasteiger partial charge >= 0.3 is 0 Å². The summed E-state index contributed by atoms with van der Waals surface area (Å²) in [7, 11) is 0. The number of fused-ring (bicyclic) bond motifs is 2. The molecular formula is C39H48ClN5O2. The average Bonchev–Trinajstić information content (AvgIpc) is 3.07. The van der Waals surface area contributed by atoms with Gasteiger partial charge in [0.15, 0.2) is 0 Å². The Balaban J connectivity index is 0.936. The number of rotatable bonds is 16. The highest BCUT2D eigenvalue weighted by atomic mass is 35.5. The summed E-state index contributed by atoms with van der Waals surface area (Å²) in [5.41, 5.74) is 9.47. The van der Waals surface area contributed by atoms with Gasteiger partial charge in [0.1, 0.15) is 0 Å². The summed E-state index contributed by atoms with van der Waals surface area (Å²) >= 11 is 6.26. The zero-order valence-corrected chi connectivity index (χ0v) is 28.6. The lowest BCUT2D eigenvalue weighted by Gasteiger charge is -2.22. The van der Waals surface area contributed by atoms with E-state index >= 15 is 0 Å². The molecule has 0 bridgehead atoms. The van der Waals surface area contributed by atoms with Crippen molar-refractivity contribution in [3.63, 3.8) is 0 Å². The molecule has 1 aliphatic carbocycles. The number of hydrogen-bond donors (Lipinski definition) is 4. The molecular weight excluding hydrogens is 606 g/mol. The van der Waals surface area contributed by atoms with E-state index in [0.29, 0.717) is 18.7 Å². The highest BCUT2D eigenvalue weighted by Crippen LogP contribution is 2.34. The Kier molecular flexibility index (Phi) is 12.5. The summed E-state index contributed by atoms with van der Waals surface area (Å²) in [5.74, 6) is -0.230. The van der Waals surface area contributed by atoms with Crippen molar-refractivity contribution in [2.75, 3.05) is 30.3 Å². The van der Waals surface area contributed by atoms with E-state index in [4.69, 9.17) is 16.6 Å². The van der Waals surface area contributed by atoms with Crippen molar-refractivity contribution in [1.29, 1.82) is 0 Å². The molecule has 0 fully saturated rings. The molecule has 47 heavy (non-hydrogen) atoms. The predicted molar refractivity (Wildman–Crippen MR) is 195 cm³/mol. The van der Waals surface area contributed by atoms with Gasteiger partial charge in [0.05, 0.1) is 16.8 Å². The fourth-order valence-electron chi connectivity index (χ4n) is 6.29. The molecule has 4 aromatic rings. The number of nitrogens with one attached hydrogen (secondary N) is 4. The van der Waals surface area contributed by atoms with Gasteiger partial charge in [-0.1, -0.05) is 61.5 Å². The van der Waals surface area contributed by atoms with E-state index in [2.05, 4.69) is 47.2 Å². The third-order valence-electron chi connectivity index (χ3n) is 9.14. The molecule has 0 saturated carbocycles. The van der Waals surface area contributed by atoms with Gasteiger partial charge in [0.2, 0.25) is 5.91 Å². The van der Waals surface area contributed by atoms with Crippen LogP contribution in [0.1, 0.15) is 90.5 Å². The Morgan fingerprint density at radius 1 is 0.787 bits per heavy atom. The summed E-state index contributed by atoms with van der Waals surface area (Å²) in [6.07, 6.45) is 11.5. The SMILES string of the molecule is Cc1cccc(Nc2ccccc2C(=O)NCCC(=O)NCCCCCCCCNc2c3c(nc4cc(Cl)ccc24)CCCC3)c1C. The summed E-state index contributed by atoms with van der Waals surface area (Å²) in [5, 5.41) is 14.9. The number of nitrogens with zero attached hydrogens (tertiary/aromatic N) is 1. The Hall–Kier alpha value is -4.10.